The van der Waals surface area contributed by atoms with Gasteiger partial charge in [0, 0.05) is 31.8 Å². The maximum atomic E-state index is 11.7. The fourth-order valence-corrected chi connectivity index (χ4v) is 3.48. The third kappa shape index (κ3) is 3.34. The minimum atomic E-state index is -0.817. The summed E-state index contributed by atoms with van der Waals surface area (Å²) in [6.45, 7) is 0.647. The topological polar surface area (TPSA) is 111 Å². The number of oxazole rings is 1. The Hall–Kier alpha value is -3.88. The second kappa shape index (κ2) is 7.18. The van der Waals surface area contributed by atoms with Gasteiger partial charge in [-0.3, -0.25) is 10.1 Å². The molecule has 1 aliphatic heterocycles. The van der Waals surface area contributed by atoms with Crippen molar-refractivity contribution in [2.75, 3.05) is 18.5 Å². The van der Waals surface area contributed by atoms with Crippen LogP contribution in [0.2, 0.25) is 0 Å². The summed E-state index contributed by atoms with van der Waals surface area (Å²) in [7, 11) is 1.92. The Balaban J connectivity index is 1.28. The van der Waals surface area contributed by atoms with Gasteiger partial charge in [-0.05, 0) is 29.8 Å². The number of hydrogen-bond acceptors (Lipinski definition) is 8. The molecule has 1 unspecified atom stereocenters. The van der Waals surface area contributed by atoms with Crippen LogP contribution in [-0.2, 0) is 22.4 Å². The lowest BCUT2D eigenvalue weighted by Crippen LogP contribution is -2.25. The van der Waals surface area contributed by atoms with Gasteiger partial charge in [-0.25, -0.2) is 4.79 Å². The number of cyclic esters (lactones) is 1. The van der Waals surface area contributed by atoms with E-state index in [9.17, 15) is 9.59 Å². The number of ether oxygens (including phenoxy) is 1. The van der Waals surface area contributed by atoms with Crippen molar-refractivity contribution in [3.8, 4) is 0 Å². The molecule has 0 spiro atoms. The first-order valence-electron chi connectivity index (χ1n) is 9.52. The standard InChI is InChI=1S/C21H18N4O5/c1-25(20-22-15-4-2-3-5-16(15)28-20)9-8-14-13-7-6-12(10-17(13)30-24-14)11-18-19(26)23-21(27)29-18/h2-7,10,18H,8-9,11H2,1H3,(H,23,26,27). The van der Waals surface area contributed by atoms with Crippen molar-refractivity contribution < 1.29 is 23.3 Å². The van der Waals surface area contributed by atoms with Gasteiger partial charge >= 0.3 is 6.09 Å². The number of aromatic nitrogens is 2. The highest BCUT2D eigenvalue weighted by atomic mass is 16.6. The molecule has 2 aromatic carbocycles. The average Bonchev–Trinajstić information content (AvgIpc) is 3.42. The van der Waals surface area contributed by atoms with Crippen LogP contribution < -0.4 is 10.2 Å². The fourth-order valence-electron chi connectivity index (χ4n) is 3.48. The third-order valence-electron chi connectivity index (χ3n) is 5.09. The van der Waals surface area contributed by atoms with Gasteiger partial charge in [0.15, 0.2) is 17.3 Å². The maximum Gasteiger partial charge on any atom is 0.414 e. The minimum absolute atomic E-state index is 0.282. The van der Waals surface area contributed by atoms with Gasteiger partial charge in [0.1, 0.15) is 5.52 Å². The Morgan fingerprint density at radius 3 is 2.80 bits per heavy atom. The number of carbonyl (C=O) groups is 2. The van der Waals surface area contributed by atoms with E-state index >= 15 is 0 Å². The number of imide groups is 1. The van der Waals surface area contributed by atoms with Crippen molar-refractivity contribution in [3.05, 3.63) is 53.7 Å². The van der Waals surface area contributed by atoms with E-state index in [1.807, 2.05) is 54.4 Å². The molecule has 0 bridgehead atoms. The van der Waals surface area contributed by atoms with E-state index in [1.165, 1.54) is 0 Å². The number of nitrogens with zero attached hydrogens (tertiary/aromatic N) is 3. The van der Waals surface area contributed by atoms with Crippen LogP contribution in [0.3, 0.4) is 0 Å². The molecule has 1 saturated heterocycles. The summed E-state index contributed by atoms with van der Waals surface area (Å²) >= 11 is 0. The third-order valence-corrected chi connectivity index (χ3v) is 5.09. The lowest BCUT2D eigenvalue weighted by atomic mass is 10.0. The monoisotopic (exact) mass is 406 g/mol. The zero-order valence-corrected chi connectivity index (χ0v) is 16.1. The van der Waals surface area contributed by atoms with Crippen LogP contribution in [0.5, 0.6) is 0 Å². The molecule has 9 nitrogen and oxygen atoms in total. The van der Waals surface area contributed by atoms with E-state index in [-0.39, 0.29) is 6.42 Å². The van der Waals surface area contributed by atoms with Crippen molar-refractivity contribution in [1.29, 1.82) is 0 Å². The molecule has 1 atom stereocenters. The van der Waals surface area contributed by atoms with Crippen molar-refractivity contribution >= 4 is 40.1 Å². The van der Waals surface area contributed by atoms with Gasteiger partial charge in [0.05, 0.1) is 5.69 Å². The molecular formula is C21H18N4O5. The van der Waals surface area contributed by atoms with E-state index < -0.39 is 18.1 Å². The highest BCUT2D eigenvalue weighted by Gasteiger charge is 2.32. The first-order valence-corrected chi connectivity index (χ1v) is 9.52. The molecular weight excluding hydrogens is 388 g/mol. The van der Waals surface area contributed by atoms with Gasteiger partial charge < -0.3 is 18.6 Å². The van der Waals surface area contributed by atoms with E-state index in [4.69, 9.17) is 13.7 Å². The molecule has 2 amide bonds. The number of fused-ring (bicyclic) bond motifs is 2. The zero-order valence-electron chi connectivity index (χ0n) is 16.1. The Bertz CT molecular complexity index is 1230. The summed E-state index contributed by atoms with van der Waals surface area (Å²) in [6.07, 6.45) is -0.604. The predicted octanol–water partition coefficient (Wildman–Crippen LogP) is 2.83. The number of para-hydroxylation sites is 2. The predicted molar refractivity (Wildman–Crippen MR) is 107 cm³/mol. The number of anilines is 1. The Morgan fingerprint density at radius 2 is 2.00 bits per heavy atom. The van der Waals surface area contributed by atoms with Gasteiger partial charge in [-0.15, -0.1) is 0 Å². The van der Waals surface area contributed by atoms with Crippen LogP contribution >= 0.6 is 0 Å². The van der Waals surface area contributed by atoms with E-state index in [1.54, 1.807) is 0 Å². The van der Waals surface area contributed by atoms with Crippen LogP contribution in [0.4, 0.5) is 10.8 Å². The molecule has 0 radical (unpaired) electrons. The molecule has 1 N–H and O–H groups in total. The molecule has 0 aliphatic carbocycles. The summed E-state index contributed by atoms with van der Waals surface area (Å²) in [5, 5.41) is 7.21. The Labute approximate surface area is 170 Å². The quantitative estimate of drug-likeness (QED) is 0.520. The second-order valence-corrected chi connectivity index (χ2v) is 7.18. The Morgan fingerprint density at radius 1 is 1.13 bits per heavy atom. The molecule has 1 fully saturated rings. The zero-order chi connectivity index (χ0) is 20.7. The van der Waals surface area contributed by atoms with E-state index in [2.05, 4.69) is 15.5 Å². The highest BCUT2D eigenvalue weighted by molar-refractivity contribution is 6.00. The summed E-state index contributed by atoms with van der Waals surface area (Å²) < 4.78 is 16.2. The molecule has 152 valence electrons. The lowest BCUT2D eigenvalue weighted by molar-refractivity contribution is -0.123. The number of alkyl carbamates (subject to hydrolysis) is 1. The summed E-state index contributed by atoms with van der Waals surface area (Å²) in [5.41, 5.74) is 3.84. The maximum absolute atomic E-state index is 11.7. The van der Waals surface area contributed by atoms with Gasteiger partial charge in [0.25, 0.3) is 11.9 Å². The van der Waals surface area contributed by atoms with Crippen LogP contribution in [0, 0.1) is 0 Å². The number of nitrogens with one attached hydrogen (secondary N) is 1. The number of amides is 2. The fraction of sp³-hybridized carbons (Fsp3) is 0.238. The molecule has 4 aromatic rings. The van der Waals surface area contributed by atoms with Crippen LogP contribution in [0.15, 0.2) is 51.4 Å². The summed E-state index contributed by atoms with van der Waals surface area (Å²) in [4.78, 5) is 29.2. The number of hydrogen-bond donors (Lipinski definition) is 1. The van der Waals surface area contributed by atoms with Crippen LogP contribution in [0.25, 0.3) is 22.1 Å². The van der Waals surface area contributed by atoms with Gasteiger partial charge in [-0.2, -0.15) is 4.98 Å². The Kier molecular flexibility index (Phi) is 4.35. The first-order chi connectivity index (χ1) is 14.6. The van der Waals surface area contributed by atoms with Crippen molar-refractivity contribution in [2.45, 2.75) is 18.9 Å². The summed E-state index contributed by atoms with van der Waals surface area (Å²) in [5.74, 6) is -0.430. The summed E-state index contributed by atoms with van der Waals surface area (Å²) in [6, 6.07) is 13.8. The molecule has 30 heavy (non-hydrogen) atoms. The number of rotatable bonds is 6. The number of likely N-dealkylation sites (N-methyl/N-ethyl adjacent to an activating group) is 1. The second-order valence-electron chi connectivity index (χ2n) is 7.18. The first kappa shape index (κ1) is 18.2. The van der Waals surface area contributed by atoms with Crippen molar-refractivity contribution in [1.82, 2.24) is 15.5 Å². The minimum Gasteiger partial charge on any atom is -0.435 e. The molecule has 5 rings (SSSR count). The smallest absolute Gasteiger partial charge is 0.414 e. The van der Waals surface area contributed by atoms with Crippen molar-refractivity contribution in [3.63, 3.8) is 0 Å². The van der Waals surface area contributed by atoms with Crippen LogP contribution in [-0.4, -0.2) is 41.8 Å². The van der Waals surface area contributed by atoms with E-state index in [0.717, 1.165) is 27.7 Å². The van der Waals surface area contributed by atoms with Crippen LogP contribution in [0.1, 0.15) is 11.3 Å². The van der Waals surface area contributed by atoms with Gasteiger partial charge in [-0.1, -0.05) is 23.4 Å². The molecule has 3 heterocycles. The van der Waals surface area contributed by atoms with E-state index in [0.29, 0.717) is 24.6 Å². The van der Waals surface area contributed by atoms with Crippen molar-refractivity contribution in [2.24, 2.45) is 0 Å². The molecule has 9 heteroatoms. The molecule has 0 saturated carbocycles. The SMILES string of the molecule is CN(CCc1noc2cc(CC3OC(=O)NC3=O)ccc12)c1nc2ccccc2o1. The molecule has 1 aliphatic rings. The number of benzene rings is 2. The highest BCUT2D eigenvalue weighted by Crippen LogP contribution is 2.24. The largest absolute Gasteiger partial charge is 0.435 e. The molecule has 2 aromatic heterocycles. The average molecular weight is 406 g/mol. The van der Waals surface area contributed by atoms with Gasteiger partial charge in [0.2, 0.25) is 0 Å². The normalized spacial score (nSPS) is 16.2. The number of carbonyl (C=O) groups excluding carboxylic acids is 2. The lowest BCUT2D eigenvalue weighted by Gasteiger charge is -2.12.